The van der Waals surface area contributed by atoms with Gasteiger partial charge in [-0.1, -0.05) is 29.3 Å². The van der Waals surface area contributed by atoms with E-state index in [4.69, 9.17) is 32.7 Å². The van der Waals surface area contributed by atoms with E-state index in [9.17, 15) is 8.42 Å². The van der Waals surface area contributed by atoms with Crippen molar-refractivity contribution in [1.29, 1.82) is 0 Å². The third-order valence-corrected chi connectivity index (χ3v) is 6.57. The van der Waals surface area contributed by atoms with Crippen molar-refractivity contribution in [2.45, 2.75) is 25.3 Å². The Labute approximate surface area is 185 Å². The summed E-state index contributed by atoms with van der Waals surface area (Å²) in [5, 5.41) is 5.52. The van der Waals surface area contributed by atoms with Gasteiger partial charge in [-0.2, -0.15) is 5.10 Å². The average molecular weight is 470 g/mol. The number of aryl methyl sites for hydroxylation is 1. The lowest BCUT2D eigenvalue weighted by atomic mass is 10.2. The molecule has 7 nitrogen and oxygen atoms in total. The van der Waals surface area contributed by atoms with E-state index in [2.05, 4.69) is 9.82 Å². The number of ether oxygens (including phenoxy) is 2. The molecule has 0 saturated heterocycles. The third-order valence-electron chi connectivity index (χ3n) is 4.61. The number of aromatic nitrogens is 2. The number of benzene rings is 2. The minimum Gasteiger partial charge on any atom is -0.497 e. The van der Waals surface area contributed by atoms with Gasteiger partial charge in [-0.15, -0.1) is 0 Å². The molecule has 2 aromatic carbocycles. The first-order valence-corrected chi connectivity index (χ1v) is 11.1. The summed E-state index contributed by atoms with van der Waals surface area (Å²) in [6.07, 6.45) is 0. The molecular weight excluding hydrogens is 449 g/mol. The number of hydrogen-bond donors (Lipinski definition) is 1. The SMILES string of the molecule is COc1ccc(OC)c(S(=O)(=O)Nc2c(C)nn(Cc3ccc(Cl)cc3Cl)c2C)c1. The van der Waals surface area contributed by atoms with Crippen molar-refractivity contribution in [3.05, 3.63) is 63.4 Å². The fraction of sp³-hybridized carbons (Fsp3) is 0.250. The van der Waals surface area contributed by atoms with Gasteiger partial charge in [-0.25, -0.2) is 8.42 Å². The zero-order chi connectivity index (χ0) is 22.1. The number of methoxy groups -OCH3 is 2. The summed E-state index contributed by atoms with van der Waals surface area (Å²) >= 11 is 12.2. The Morgan fingerprint density at radius 1 is 1.07 bits per heavy atom. The predicted molar refractivity (Wildman–Crippen MR) is 118 cm³/mol. The zero-order valence-electron chi connectivity index (χ0n) is 16.9. The minimum absolute atomic E-state index is 0.0309. The molecule has 30 heavy (non-hydrogen) atoms. The highest BCUT2D eigenvalue weighted by Crippen LogP contribution is 2.32. The molecule has 1 aromatic heterocycles. The van der Waals surface area contributed by atoms with Crippen molar-refractivity contribution >= 4 is 38.9 Å². The molecule has 0 aliphatic carbocycles. The van der Waals surface area contributed by atoms with Crippen molar-refractivity contribution in [2.75, 3.05) is 18.9 Å². The van der Waals surface area contributed by atoms with Crippen LogP contribution in [-0.4, -0.2) is 32.4 Å². The van der Waals surface area contributed by atoms with E-state index in [0.29, 0.717) is 39.4 Å². The second-order valence-electron chi connectivity index (χ2n) is 6.56. The average Bonchev–Trinajstić information content (AvgIpc) is 2.96. The van der Waals surface area contributed by atoms with Gasteiger partial charge >= 0.3 is 0 Å². The molecule has 0 spiro atoms. The molecule has 0 fully saturated rings. The highest BCUT2D eigenvalue weighted by atomic mass is 35.5. The highest BCUT2D eigenvalue weighted by Gasteiger charge is 2.24. The van der Waals surface area contributed by atoms with Crippen LogP contribution in [0.15, 0.2) is 41.3 Å². The smallest absolute Gasteiger partial charge is 0.265 e. The van der Waals surface area contributed by atoms with Crippen LogP contribution < -0.4 is 14.2 Å². The molecule has 0 aliphatic rings. The molecule has 0 aliphatic heterocycles. The number of nitrogens with one attached hydrogen (secondary N) is 1. The first-order valence-electron chi connectivity index (χ1n) is 8.89. The normalized spacial score (nSPS) is 11.4. The topological polar surface area (TPSA) is 82.4 Å². The van der Waals surface area contributed by atoms with Gasteiger partial charge in [0.05, 0.1) is 37.8 Å². The van der Waals surface area contributed by atoms with Crippen LogP contribution >= 0.6 is 23.2 Å². The summed E-state index contributed by atoms with van der Waals surface area (Å²) in [7, 11) is -1.09. The maximum atomic E-state index is 13.1. The number of rotatable bonds is 7. The van der Waals surface area contributed by atoms with Gasteiger partial charge in [0.25, 0.3) is 10.0 Å². The molecule has 0 unspecified atom stereocenters. The maximum Gasteiger partial charge on any atom is 0.265 e. The van der Waals surface area contributed by atoms with Crippen molar-refractivity contribution in [3.63, 3.8) is 0 Å². The van der Waals surface area contributed by atoms with Gasteiger partial charge in [0.1, 0.15) is 16.4 Å². The maximum absolute atomic E-state index is 13.1. The monoisotopic (exact) mass is 469 g/mol. The second-order valence-corrected chi connectivity index (χ2v) is 9.06. The van der Waals surface area contributed by atoms with Crippen LogP contribution in [0.5, 0.6) is 11.5 Å². The summed E-state index contributed by atoms with van der Waals surface area (Å²) in [6.45, 7) is 3.88. The largest absolute Gasteiger partial charge is 0.497 e. The molecule has 0 radical (unpaired) electrons. The molecular formula is C20H21Cl2N3O4S. The van der Waals surface area contributed by atoms with E-state index < -0.39 is 10.0 Å². The minimum atomic E-state index is -3.96. The van der Waals surface area contributed by atoms with Gasteiger partial charge in [0.2, 0.25) is 0 Å². The molecule has 10 heteroatoms. The molecule has 0 bridgehead atoms. The summed E-state index contributed by atoms with van der Waals surface area (Å²) < 4.78 is 40.9. The van der Waals surface area contributed by atoms with Crippen LogP contribution in [0.2, 0.25) is 10.0 Å². The lowest BCUT2D eigenvalue weighted by Gasteiger charge is -2.13. The zero-order valence-corrected chi connectivity index (χ0v) is 19.2. The Balaban J connectivity index is 1.96. The summed E-state index contributed by atoms with van der Waals surface area (Å²) in [5.74, 6) is 0.608. The number of hydrogen-bond acceptors (Lipinski definition) is 5. The quantitative estimate of drug-likeness (QED) is 0.543. The number of anilines is 1. The molecule has 3 aromatic rings. The van der Waals surface area contributed by atoms with Crippen molar-refractivity contribution < 1.29 is 17.9 Å². The Kier molecular flexibility index (Phi) is 6.50. The number of halogens is 2. The van der Waals surface area contributed by atoms with Gasteiger partial charge in [0.15, 0.2) is 0 Å². The Morgan fingerprint density at radius 3 is 2.43 bits per heavy atom. The van der Waals surface area contributed by atoms with Gasteiger partial charge in [-0.05, 0) is 43.7 Å². The number of sulfonamides is 1. The second kappa shape index (κ2) is 8.75. The lowest BCUT2D eigenvalue weighted by molar-refractivity contribution is 0.392. The molecule has 0 atom stereocenters. The summed E-state index contributed by atoms with van der Waals surface area (Å²) in [6, 6.07) is 9.78. The van der Waals surface area contributed by atoms with Crippen LogP contribution in [0.25, 0.3) is 0 Å². The van der Waals surface area contributed by atoms with Gasteiger partial charge in [0, 0.05) is 16.1 Å². The molecule has 1 N–H and O–H groups in total. The van der Waals surface area contributed by atoms with Crippen molar-refractivity contribution in [1.82, 2.24) is 9.78 Å². The summed E-state index contributed by atoms with van der Waals surface area (Å²) in [5.41, 5.74) is 2.38. The third kappa shape index (κ3) is 4.50. The molecule has 0 saturated carbocycles. The van der Waals surface area contributed by atoms with Crippen LogP contribution in [-0.2, 0) is 16.6 Å². The van der Waals surface area contributed by atoms with E-state index in [0.717, 1.165) is 5.56 Å². The molecule has 1 heterocycles. The van der Waals surface area contributed by atoms with Crippen molar-refractivity contribution in [3.8, 4) is 11.5 Å². The lowest BCUT2D eigenvalue weighted by Crippen LogP contribution is -2.15. The number of nitrogens with zero attached hydrogens (tertiary/aromatic N) is 2. The molecule has 160 valence electrons. The van der Waals surface area contributed by atoms with E-state index in [1.807, 2.05) is 6.07 Å². The first kappa shape index (κ1) is 22.3. The van der Waals surface area contributed by atoms with E-state index >= 15 is 0 Å². The highest BCUT2D eigenvalue weighted by molar-refractivity contribution is 7.92. The summed E-state index contributed by atoms with van der Waals surface area (Å²) in [4.78, 5) is -0.0309. The predicted octanol–water partition coefficient (Wildman–Crippen LogP) is 4.67. The van der Waals surface area contributed by atoms with Gasteiger partial charge in [-0.3, -0.25) is 9.40 Å². The van der Waals surface area contributed by atoms with E-state index in [-0.39, 0.29) is 10.6 Å². The molecule has 0 amide bonds. The van der Waals surface area contributed by atoms with Crippen LogP contribution in [0.1, 0.15) is 17.0 Å². The fourth-order valence-corrected chi connectivity index (χ4v) is 4.82. The molecule has 3 rings (SSSR count). The Hall–Kier alpha value is -2.42. The standard InChI is InChI=1S/C20H21Cl2N3O4S/c1-12-20(13(2)25(23-12)11-14-5-6-15(21)9-17(14)22)24-30(26,27)19-10-16(28-3)7-8-18(19)29-4/h5-10,24H,11H2,1-4H3. The Bertz CT molecular complexity index is 1190. The van der Waals surface area contributed by atoms with Crippen LogP contribution in [0.4, 0.5) is 5.69 Å². The first-order chi connectivity index (χ1) is 14.2. The van der Waals surface area contributed by atoms with E-state index in [1.165, 1.54) is 20.3 Å². The fourth-order valence-electron chi connectivity index (χ4n) is 2.99. The van der Waals surface area contributed by atoms with Gasteiger partial charge < -0.3 is 9.47 Å². The van der Waals surface area contributed by atoms with Crippen LogP contribution in [0.3, 0.4) is 0 Å². The van der Waals surface area contributed by atoms with E-state index in [1.54, 1.807) is 42.8 Å². The Morgan fingerprint density at radius 2 is 1.80 bits per heavy atom. The van der Waals surface area contributed by atoms with Crippen LogP contribution in [0, 0.1) is 13.8 Å². The van der Waals surface area contributed by atoms with Crippen molar-refractivity contribution in [2.24, 2.45) is 0 Å².